The first-order valence-corrected chi connectivity index (χ1v) is 5.58. The average molecular weight is 237 g/mol. The van der Waals surface area contributed by atoms with E-state index in [1.807, 2.05) is 14.1 Å². The molecule has 0 radical (unpaired) electrons. The molecule has 0 spiro atoms. The number of nitrogens with zero attached hydrogens (tertiary/aromatic N) is 1. The quantitative estimate of drug-likeness (QED) is 0.536. The van der Waals surface area contributed by atoms with Crippen LogP contribution in [-0.4, -0.2) is 45.5 Å². The zero-order chi connectivity index (χ0) is 12.7. The lowest BCUT2D eigenvalue weighted by molar-refractivity contribution is 0.112. The van der Waals surface area contributed by atoms with Crippen molar-refractivity contribution < 1.29 is 14.3 Å². The average Bonchev–Trinajstić information content (AvgIpc) is 2.34. The Hall–Kier alpha value is -1.55. The van der Waals surface area contributed by atoms with Crippen molar-refractivity contribution in [2.75, 3.05) is 34.4 Å². The van der Waals surface area contributed by atoms with E-state index < -0.39 is 0 Å². The van der Waals surface area contributed by atoms with Crippen molar-refractivity contribution in [2.24, 2.45) is 0 Å². The Bertz CT molecular complexity index is 364. The van der Waals surface area contributed by atoms with Gasteiger partial charge in [0.15, 0.2) is 11.5 Å². The molecule has 0 unspecified atom stereocenters. The van der Waals surface area contributed by atoms with E-state index in [1.54, 1.807) is 25.3 Å². The molecule has 0 heterocycles. The van der Waals surface area contributed by atoms with Crippen LogP contribution in [0, 0.1) is 0 Å². The number of hydrogen-bond acceptors (Lipinski definition) is 4. The molecule has 4 heteroatoms. The molecule has 1 aromatic carbocycles. The SMILES string of the molecule is COc1cc(C=O)ccc1OCCCN(C)C. The van der Waals surface area contributed by atoms with Crippen molar-refractivity contribution >= 4 is 6.29 Å². The highest BCUT2D eigenvalue weighted by Crippen LogP contribution is 2.27. The minimum atomic E-state index is 0.586. The lowest BCUT2D eigenvalue weighted by atomic mass is 10.2. The summed E-state index contributed by atoms with van der Waals surface area (Å²) < 4.78 is 10.8. The second kappa shape index (κ2) is 6.91. The standard InChI is InChI=1S/C13H19NO3/c1-14(2)7-4-8-17-12-6-5-11(10-15)9-13(12)16-3/h5-6,9-10H,4,7-8H2,1-3H3. The van der Waals surface area contributed by atoms with Crippen LogP contribution in [0.15, 0.2) is 18.2 Å². The highest BCUT2D eigenvalue weighted by molar-refractivity contribution is 5.76. The van der Waals surface area contributed by atoms with Crippen molar-refractivity contribution in [3.63, 3.8) is 0 Å². The summed E-state index contributed by atoms with van der Waals surface area (Å²) in [7, 11) is 5.62. The Morgan fingerprint density at radius 1 is 1.29 bits per heavy atom. The first kappa shape index (κ1) is 13.5. The summed E-state index contributed by atoms with van der Waals surface area (Å²) in [5.74, 6) is 1.27. The van der Waals surface area contributed by atoms with Gasteiger partial charge in [-0.05, 0) is 38.7 Å². The molecule has 0 fully saturated rings. The topological polar surface area (TPSA) is 38.8 Å². The van der Waals surface area contributed by atoms with Crippen molar-refractivity contribution in [2.45, 2.75) is 6.42 Å². The van der Waals surface area contributed by atoms with Gasteiger partial charge in [-0.3, -0.25) is 4.79 Å². The third-order valence-corrected chi connectivity index (χ3v) is 2.33. The summed E-state index contributed by atoms with van der Waals surface area (Å²) in [5, 5.41) is 0. The van der Waals surface area contributed by atoms with Gasteiger partial charge in [-0.25, -0.2) is 0 Å². The Balaban J connectivity index is 2.55. The van der Waals surface area contributed by atoms with Gasteiger partial charge in [-0.15, -0.1) is 0 Å². The van der Waals surface area contributed by atoms with Gasteiger partial charge in [-0.1, -0.05) is 0 Å². The zero-order valence-electron chi connectivity index (χ0n) is 10.6. The van der Waals surface area contributed by atoms with E-state index in [1.165, 1.54) is 0 Å². The zero-order valence-corrected chi connectivity index (χ0v) is 10.6. The summed E-state index contributed by atoms with van der Waals surface area (Å²) in [6, 6.07) is 5.16. The molecule has 0 atom stereocenters. The first-order chi connectivity index (χ1) is 8.17. The molecule has 0 aliphatic rings. The molecule has 0 aromatic heterocycles. The van der Waals surface area contributed by atoms with Gasteiger partial charge in [0.1, 0.15) is 6.29 Å². The van der Waals surface area contributed by atoms with Gasteiger partial charge in [0.2, 0.25) is 0 Å². The van der Waals surface area contributed by atoms with Crippen LogP contribution < -0.4 is 9.47 Å². The minimum absolute atomic E-state index is 0.586. The van der Waals surface area contributed by atoms with Gasteiger partial charge in [0.05, 0.1) is 13.7 Å². The molecule has 0 aliphatic carbocycles. The second-order valence-electron chi connectivity index (χ2n) is 4.03. The molecular formula is C13H19NO3. The molecular weight excluding hydrogens is 218 g/mol. The number of hydrogen-bond donors (Lipinski definition) is 0. The van der Waals surface area contributed by atoms with Gasteiger partial charge < -0.3 is 14.4 Å². The fourth-order valence-corrected chi connectivity index (χ4v) is 1.44. The predicted octanol–water partition coefficient (Wildman–Crippen LogP) is 1.84. The van der Waals surface area contributed by atoms with Crippen LogP contribution in [-0.2, 0) is 0 Å². The highest BCUT2D eigenvalue weighted by atomic mass is 16.5. The summed E-state index contributed by atoms with van der Waals surface area (Å²) >= 11 is 0. The maximum atomic E-state index is 10.6. The third-order valence-electron chi connectivity index (χ3n) is 2.33. The van der Waals surface area contributed by atoms with Crippen LogP contribution in [0.3, 0.4) is 0 Å². The molecule has 0 saturated heterocycles. The number of carbonyl (C=O) groups is 1. The summed E-state index contributed by atoms with van der Waals surface area (Å²) in [4.78, 5) is 12.7. The van der Waals surface area contributed by atoms with Crippen LogP contribution in [0.2, 0.25) is 0 Å². The van der Waals surface area contributed by atoms with Crippen molar-refractivity contribution in [3.8, 4) is 11.5 Å². The normalized spacial score (nSPS) is 10.4. The number of ether oxygens (including phenoxy) is 2. The second-order valence-corrected chi connectivity index (χ2v) is 4.03. The molecule has 0 N–H and O–H groups in total. The molecule has 1 rings (SSSR count). The number of rotatable bonds is 7. The molecule has 0 amide bonds. The van der Waals surface area contributed by atoms with Crippen LogP contribution in [0.25, 0.3) is 0 Å². The van der Waals surface area contributed by atoms with Gasteiger partial charge in [0, 0.05) is 12.1 Å². The lowest BCUT2D eigenvalue weighted by Crippen LogP contribution is -2.15. The fourth-order valence-electron chi connectivity index (χ4n) is 1.44. The van der Waals surface area contributed by atoms with E-state index in [0.29, 0.717) is 23.7 Å². The van der Waals surface area contributed by atoms with Crippen LogP contribution in [0.5, 0.6) is 11.5 Å². The smallest absolute Gasteiger partial charge is 0.161 e. The van der Waals surface area contributed by atoms with Crippen LogP contribution in [0.1, 0.15) is 16.8 Å². The molecule has 1 aromatic rings. The maximum Gasteiger partial charge on any atom is 0.161 e. The molecule has 0 bridgehead atoms. The van der Waals surface area contributed by atoms with Gasteiger partial charge in [0.25, 0.3) is 0 Å². The van der Waals surface area contributed by atoms with E-state index in [-0.39, 0.29) is 0 Å². The largest absolute Gasteiger partial charge is 0.493 e. The maximum absolute atomic E-state index is 10.6. The fraction of sp³-hybridized carbons (Fsp3) is 0.462. The molecule has 94 valence electrons. The minimum Gasteiger partial charge on any atom is -0.493 e. The van der Waals surface area contributed by atoms with E-state index >= 15 is 0 Å². The Morgan fingerprint density at radius 2 is 2.06 bits per heavy atom. The Kier molecular flexibility index (Phi) is 5.49. The number of carbonyl (C=O) groups excluding carboxylic acids is 1. The van der Waals surface area contributed by atoms with Crippen LogP contribution >= 0.6 is 0 Å². The Morgan fingerprint density at radius 3 is 2.65 bits per heavy atom. The molecule has 0 saturated carbocycles. The summed E-state index contributed by atoms with van der Waals surface area (Å²) in [6.07, 6.45) is 1.74. The summed E-state index contributed by atoms with van der Waals surface area (Å²) in [5.41, 5.74) is 0.586. The lowest BCUT2D eigenvalue weighted by Gasteiger charge is -2.12. The third kappa shape index (κ3) is 4.44. The molecule has 17 heavy (non-hydrogen) atoms. The van der Waals surface area contributed by atoms with E-state index in [0.717, 1.165) is 19.3 Å². The van der Waals surface area contributed by atoms with Crippen molar-refractivity contribution in [1.29, 1.82) is 0 Å². The van der Waals surface area contributed by atoms with Crippen molar-refractivity contribution in [1.82, 2.24) is 4.90 Å². The summed E-state index contributed by atoms with van der Waals surface area (Å²) in [6.45, 7) is 1.61. The van der Waals surface area contributed by atoms with E-state index in [2.05, 4.69) is 4.90 Å². The number of methoxy groups -OCH3 is 1. The Labute approximate surface area is 102 Å². The molecule has 0 aliphatic heterocycles. The number of aldehydes is 1. The van der Waals surface area contributed by atoms with Gasteiger partial charge in [-0.2, -0.15) is 0 Å². The van der Waals surface area contributed by atoms with Crippen molar-refractivity contribution in [3.05, 3.63) is 23.8 Å². The molecule has 4 nitrogen and oxygen atoms in total. The first-order valence-electron chi connectivity index (χ1n) is 5.58. The van der Waals surface area contributed by atoms with Gasteiger partial charge >= 0.3 is 0 Å². The van der Waals surface area contributed by atoms with Crippen LogP contribution in [0.4, 0.5) is 0 Å². The highest BCUT2D eigenvalue weighted by Gasteiger charge is 2.05. The number of benzene rings is 1. The predicted molar refractivity (Wildman–Crippen MR) is 67.0 cm³/mol. The van der Waals surface area contributed by atoms with E-state index in [4.69, 9.17) is 9.47 Å². The van der Waals surface area contributed by atoms with E-state index in [9.17, 15) is 4.79 Å². The monoisotopic (exact) mass is 237 g/mol.